The van der Waals surface area contributed by atoms with Gasteiger partial charge in [0, 0.05) is 17.5 Å². The van der Waals surface area contributed by atoms with Gasteiger partial charge in [0.05, 0.1) is 0 Å². The highest BCUT2D eigenvalue weighted by atomic mass is 32.1. The topological polar surface area (TPSA) is 32.3 Å². The predicted molar refractivity (Wildman–Crippen MR) is 71.0 cm³/mol. The molecule has 0 aliphatic carbocycles. The molecule has 0 saturated heterocycles. The molecule has 0 aliphatic heterocycles. The summed E-state index contributed by atoms with van der Waals surface area (Å²) in [5.74, 6) is 0.558. The van der Waals surface area contributed by atoms with Gasteiger partial charge in [-0.15, -0.1) is 11.3 Å². The summed E-state index contributed by atoms with van der Waals surface area (Å²) in [7, 11) is 0. The third-order valence-electron chi connectivity index (χ3n) is 2.90. The van der Waals surface area contributed by atoms with Crippen LogP contribution in [-0.2, 0) is 6.42 Å². The van der Waals surface area contributed by atoms with E-state index in [-0.39, 0.29) is 0 Å². The third-order valence-corrected chi connectivity index (χ3v) is 3.80. The number of thiophene rings is 1. The van der Waals surface area contributed by atoms with Crippen molar-refractivity contribution in [1.29, 1.82) is 0 Å². The molecule has 1 aromatic rings. The molecule has 0 saturated carbocycles. The van der Waals surface area contributed by atoms with Crippen molar-refractivity contribution in [2.45, 2.75) is 39.2 Å². The molecular weight excluding hydrogens is 218 g/mol. The molecule has 0 radical (unpaired) electrons. The second-order valence-electron chi connectivity index (χ2n) is 4.41. The zero-order chi connectivity index (χ0) is 11.8. The Labute approximate surface area is 103 Å². The molecule has 0 bridgehead atoms. The maximum atomic E-state index is 8.84. The lowest BCUT2D eigenvalue weighted by Gasteiger charge is -2.19. The fourth-order valence-corrected chi connectivity index (χ4v) is 2.51. The molecule has 16 heavy (non-hydrogen) atoms. The van der Waals surface area contributed by atoms with Gasteiger partial charge in [-0.1, -0.05) is 19.9 Å². The fourth-order valence-electron chi connectivity index (χ4n) is 1.72. The minimum absolute atomic E-state index is 0.296. The first-order valence-electron chi connectivity index (χ1n) is 6.12. The number of hydrogen-bond acceptors (Lipinski definition) is 3. The summed E-state index contributed by atoms with van der Waals surface area (Å²) in [6.07, 6.45) is 3.17. The number of aliphatic hydroxyl groups excluding tert-OH is 1. The maximum absolute atomic E-state index is 8.84. The first-order chi connectivity index (χ1) is 7.76. The number of hydrogen-bond donors (Lipinski definition) is 2. The average molecular weight is 241 g/mol. The van der Waals surface area contributed by atoms with Gasteiger partial charge in [-0.05, 0) is 43.2 Å². The summed E-state index contributed by atoms with van der Waals surface area (Å²) < 4.78 is 0. The van der Waals surface area contributed by atoms with E-state index < -0.39 is 0 Å². The quantitative estimate of drug-likeness (QED) is 0.733. The molecule has 0 amide bonds. The second kappa shape index (κ2) is 7.82. The van der Waals surface area contributed by atoms with Crippen LogP contribution in [0.1, 0.15) is 31.6 Å². The van der Waals surface area contributed by atoms with E-state index in [9.17, 15) is 0 Å². The van der Waals surface area contributed by atoms with Gasteiger partial charge in [0.2, 0.25) is 0 Å². The van der Waals surface area contributed by atoms with Gasteiger partial charge in [0.15, 0.2) is 0 Å². The average Bonchev–Trinajstić information content (AvgIpc) is 2.77. The van der Waals surface area contributed by atoms with E-state index in [0.29, 0.717) is 18.6 Å². The third kappa shape index (κ3) is 5.10. The van der Waals surface area contributed by atoms with E-state index in [0.717, 1.165) is 25.8 Å². The Morgan fingerprint density at radius 1 is 1.50 bits per heavy atom. The Hall–Kier alpha value is -0.380. The van der Waals surface area contributed by atoms with Crippen LogP contribution >= 0.6 is 11.3 Å². The molecule has 1 aromatic heterocycles. The Morgan fingerprint density at radius 2 is 2.31 bits per heavy atom. The van der Waals surface area contributed by atoms with Crippen molar-refractivity contribution in [2.24, 2.45) is 5.92 Å². The van der Waals surface area contributed by atoms with Crippen molar-refractivity contribution in [2.75, 3.05) is 13.2 Å². The van der Waals surface area contributed by atoms with Crippen molar-refractivity contribution in [3.8, 4) is 0 Å². The first-order valence-corrected chi connectivity index (χ1v) is 7.00. The molecule has 0 spiro atoms. The molecule has 2 N–H and O–H groups in total. The van der Waals surface area contributed by atoms with E-state index in [4.69, 9.17) is 5.11 Å². The van der Waals surface area contributed by atoms with Crippen molar-refractivity contribution < 1.29 is 5.11 Å². The first kappa shape index (κ1) is 13.7. The van der Waals surface area contributed by atoms with Gasteiger partial charge >= 0.3 is 0 Å². The maximum Gasteiger partial charge on any atom is 0.0434 e. The predicted octanol–water partition coefficient (Wildman–Crippen LogP) is 2.68. The SMILES string of the molecule is CCC(Cc1cccs1)NCC(C)CCO. The van der Waals surface area contributed by atoms with Gasteiger partial charge in [0.25, 0.3) is 0 Å². The molecule has 2 unspecified atom stereocenters. The molecular formula is C13H23NOS. The lowest BCUT2D eigenvalue weighted by molar-refractivity contribution is 0.257. The van der Waals surface area contributed by atoms with Crippen molar-refractivity contribution in [1.82, 2.24) is 5.32 Å². The molecule has 1 heterocycles. The lowest BCUT2D eigenvalue weighted by atomic mass is 10.1. The molecule has 92 valence electrons. The van der Waals surface area contributed by atoms with Crippen molar-refractivity contribution in [3.63, 3.8) is 0 Å². The van der Waals surface area contributed by atoms with Crippen LogP contribution in [0.5, 0.6) is 0 Å². The van der Waals surface area contributed by atoms with Crippen LogP contribution in [0.2, 0.25) is 0 Å². The van der Waals surface area contributed by atoms with Crippen LogP contribution in [0.4, 0.5) is 0 Å². The Morgan fingerprint density at radius 3 is 2.88 bits per heavy atom. The monoisotopic (exact) mass is 241 g/mol. The molecule has 0 aliphatic rings. The van der Waals surface area contributed by atoms with Gasteiger partial charge in [-0.2, -0.15) is 0 Å². The molecule has 2 nitrogen and oxygen atoms in total. The van der Waals surface area contributed by atoms with Gasteiger partial charge in [-0.3, -0.25) is 0 Å². The molecule has 0 aromatic carbocycles. The van der Waals surface area contributed by atoms with Crippen molar-refractivity contribution in [3.05, 3.63) is 22.4 Å². The molecule has 2 atom stereocenters. The van der Waals surface area contributed by atoms with Crippen LogP contribution in [0, 0.1) is 5.92 Å². The summed E-state index contributed by atoms with van der Waals surface area (Å²) in [5.41, 5.74) is 0. The summed E-state index contributed by atoms with van der Waals surface area (Å²) in [6.45, 7) is 5.71. The van der Waals surface area contributed by atoms with E-state index in [1.54, 1.807) is 0 Å². The summed E-state index contributed by atoms with van der Waals surface area (Å²) >= 11 is 1.83. The van der Waals surface area contributed by atoms with Gasteiger partial charge in [-0.25, -0.2) is 0 Å². The Kier molecular flexibility index (Phi) is 6.69. The molecule has 0 fully saturated rings. The minimum Gasteiger partial charge on any atom is -0.396 e. The van der Waals surface area contributed by atoms with E-state index in [1.165, 1.54) is 4.88 Å². The Balaban J connectivity index is 2.26. The van der Waals surface area contributed by atoms with E-state index in [1.807, 2.05) is 11.3 Å². The van der Waals surface area contributed by atoms with Crippen molar-refractivity contribution >= 4 is 11.3 Å². The highest BCUT2D eigenvalue weighted by molar-refractivity contribution is 7.09. The summed E-state index contributed by atoms with van der Waals surface area (Å²) in [4.78, 5) is 1.45. The standard InChI is InChI=1S/C13H23NOS/c1-3-12(9-13-5-4-8-16-13)14-10-11(2)6-7-15/h4-5,8,11-12,14-15H,3,6-7,9-10H2,1-2H3. The summed E-state index contributed by atoms with van der Waals surface area (Å²) in [6, 6.07) is 4.88. The zero-order valence-electron chi connectivity index (χ0n) is 10.3. The fraction of sp³-hybridized carbons (Fsp3) is 0.692. The van der Waals surface area contributed by atoms with Gasteiger partial charge in [0.1, 0.15) is 0 Å². The second-order valence-corrected chi connectivity index (χ2v) is 5.45. The largest absolute Gasteiger partial charge is 0.396 e. The smallest absolute Gasteiger partial charge is 0.0434 e. The highest BCUT2D eigenvalue weighted by Crippen LogP contribution is 2.12. The Bertz CT molecular complexity index is 261. The molecule has 1 rings (SSSR count). The minimum atomic E-state index is 0.296. The lowest BCUT2D eigenvalue weighted by Crippen LogP contribution is -2.34. The van der Waals surface area contributed by atoms with Crippen LogP contribution in [0.25, 0.3) is 0 Å². The molecule has 3 heteroatoms. The number of aliphatic hydroxyl groups is 1. The normalized spacial score (nSPS) is 14.9. The number of nitrogens with one attached hydrogen (secondary N) is 1. The van der Waals surface area contributed by atoms with Gasteiger partial charge < -0.3 is 10.4 Å². The van der Waals surface area contributed by atoms with E-state index in [2.05, 4.69) is 36.7 Å². The van der Waals surface area contributed by atoms with E-state index >= 15 is 0 Å². The van der Waals surface area contributed by atoms with Crippen LogP contribution < -0.4 is 5.32 Å². The highest BCUT2D eigenvalue weighted by Gasteiger charge is 2.09. The van der Waals surface area contributed by atoms with Crippen LogP contribution in [-0.4, -0.2) is 24.3 Å². The number of rotatable bonds is 8. The zero-order valence-corrected chi connectivity index (χ0v) is 11.1. The van der Waals surface area contributed by atoms with Crippen LogP contribution in [0.15, 0.2) is 17.5 Å². The van der Waals surface area contributed by atoms with Crippen LogP contribution in [0.3, 0.4) is 0 Å². The summed E-state index contributed by atoms with van der Waals surface area (Å²) in [5, 5.41) is 14.6.